The number of rotatable bonds is 1. The predicted molar refractivity (Wildman–Crippen MR) is 66.7 cm³/mol. The standard InChI is InChI=1S/C12H6F2O3S2/c13-6-2-7-10-5(1-9(18-10)12(15)16)4-19(17)11(7)8(14)3-6/h1-3H,4H2,(H,15,16). The van der Waals surface area contributed by atoms with Crippen LogP contribution in [0.25, 0.3) is 10.4 Å². The second-order valence-electron chi connectivity index (χ2n) is 4.02. The molecule has 0 fully saturated rings. The number of carboxylic acids is 1. The van der Waals surface area contributed by atoms with E-state index >= 15 is 0 Å². The Morgan fingerprint density at radius 1 is 1.37 bits per heavy atom. The summed E-state index contributed by atoms with van der Waals surface area (Å²) in [5.41, 5.74) is 0.743. The van der Waals surface area contributed by atoms with Gasteiger partial charge in [-0.2, -0.15) is 0 Å². The molecule has 19 heavy (non-hydrogen) atoms. The van der Waals surface area contributed by atoms with Gasteiger partial charge >= 0.3 is 5.97 Å². The Labute approximate surface area is 113 Å². The van der Waals surface area contributed by atoms with Gasteiger partial charge in [-0.1, -0.05) is 0 Å². The number of thiophene rings is 1. The third kappa shape index (κ3) is 1.94. The fourth-order valence-corrected chi connectivity index (χ4v) is 4.58. The van der Waals surface area contributed by atoms with Crippen molar-refractivity contribution in [2.24, 2.45) is 0 Å². The highest BCUT2D eigenvalue weighted by atomic mass is 32.2. The van der Waals surface area contributed by atoms with Crippen molar-refractivity contribution in [1.82, 2.24) is 0 Å². The van der Waals surface area contributed by atoms with Crippen LogP contribution >= 0.6 is 11.3 Å². The molecule has 0 bridgehead atoms. The van der Waals surface area contributed by atoms with Gasteiger partial charge in [-0.05, 0) is 23.3 Å². The summed E-state index contributed by atoms with van der Waals surface area (Å²) in [5.74, 6) is -2.69. The first-order valence-electron chi connectivity index (χ1n) is 5.21. The summed E-state index contributed by atoms with van der Waals surface area (Å²) in [6.07, 6.45) is 0. The number of hydrogen-bond acceptors (Lipinski definition) is 3. The number of benzene rings is 1. The molecule has 0 saturated carbocycles. The lowest BCUT2D eigenvalue weighted by atomic mass is 10.1. The number of aromatic carboxylic acids is 1. The van der Waals surface area contributed by atoms with Crippen molar-refractivity contribution in [2.45, 2.75) is 10.6 Å². The lowest BCUT2D eigenvalue weighted by Gasteiger charge is -2.19. The lowest BCUT2D eigenvalue weighted by Crippen LogP contribution is -2.13. The van der Waals surface area contributed by atoms with Gasteiger partial charge in [0.2, 0.25) is 0 Å². The molecule has 0 radical (unpaired) electrons. The van der Waals surface area contributed by atoms with E-state index < -0.39 is 28.8 Å². The molecule has 2 heterocycles. The lowest BCUT2D eigenvalue weighted by molar-refractivity contribution is 0.0702. The molecule has 1 atom stereocenters. The summed E-state index contributed by atoms with van der Waals surface area (Å²) in [6.45, 7) is 0. The van der Waals surface area contributed by atoms with E-state index in [-0.39, 0.29) is 21.1 Å². The normalized spacial score (nSPS) is 16.9. The molecular weight excluding hydrogens is 294 g/mol. The summed E-state index contributed by atoms with van der Waals surface area (Å²) in [5, 5.41) is 8.94. The molecule has 0 aliphatic carbocycles. The second-order valence-corrected chi connectivity index (χ2v) is 6.46. The van der Waals surface area contributed by atoms with E-state index in [1.807, 2.05) is 0 Å². The van der Waals surface area contributed by atoms with E-state index in [1.54, 1.807) is 0 Å². The van der Waals surface area contributed by atoms with Gasteiger partial charge in [0.15, 0.2) is 10.7 Å². The summed E-state index contributed by atoms with van der Waals surface area (Å²) < 4.78 is 39.0. The molecule has 7 heteroatoms. The first kappa shape index (κ1) is 12.6. The van der Waals surface area contributed by atoms with Crippen LogP contribution in [0.1, 0.15) is 15.2 Å². The highest BCUT2D eigenvalue weighted by Gasteiger charge is 2.33. The van der Waals surface area contributed by atoms with Crippen molar-refractivity contribution >= 4 is 28.5 Å². The van der Waals surface area contributed by atoms with Gasteiger partial charge in [0.1, 0.15) is 16.4 Å². The van der Waals surface area contributed by atoms with E-state index in [9.17, 15) is 18.1 Å². The topological polar surface area (TPSA) is 60.4 Å². The smallest absolute Gasteiger partial charge is 0.345 e. The Kier molecular flexibility index (Phi) is 2.84. The minimum absolute atomic E-state index is 0.0484. The van der Waals surface area contributed by atoms with Gasteiger partial charge in [-0.15, -0.1) is 11.3 Å². The minimum atomic E-state index is -1.62. The number of carbonyl (C=O) groups is 1. The molecule has 2 aromatic rings. The number of halogens is 2. The summed E-state index contributed by atoms with van der Waals surface area (Å²) in [7, 11) is 0. The molecule has 1 aliphatic rings. The maximum absolute atomic E-state index is 13.7. The van der Waals surface area contributed by atoms with E-state index in [0.29, 0.717) is 16.5 Å². The number of fused-ring (bicyclic) bond motifs is 3. The van der Waals surface area contributed by atoms with Crippen LogP contribution in [-0.2, 0) is 16.9 Å². The zero-order chi connectivity index (χ0) is 13.7. The van der Waals surface area contributed by atoms with Gasteiger partial charge in [-0.25, -0.2) is 13.6 Å². The fourth-order valence-electron chi connectivity index (χ4n) is 2.04. The van der Waals surface area contributed by atoms with Gasteiger partial charge in [0, 0.05) is 16.5 Å². The summed E-state index contributed by atoms with van der Waals surface area (Å²) >= 11 is -0.686. The molecule has 1 aromatic heterocycles. The third-order valence-electron chi connectivity index (χ3n) is 2.79. The van der Waals surface area contributed by atoms with Crippen LogP contribution in [0, 0.1) is 11.6 Å². The average molecular weight is 300 g/mol. The molecule has 1 unspecified atom stereocenters. The molecule has 0 saturated heterocycles. The fraction of sp³-hybridized carbons (Fsp3) is 0.0833. The van der Waals surface area contributed by atoms with Crippen LogP contribution < -0.4 is 0 Å². The van der Waals surface area contributed by atoms with Crippen LogP contribution in [-0.4, -0.2) is 15.6 Å². The molecule has 1 N–H and O–H groups in total. The highest BCUT2D eigenvalue weighted by Crippen LogP contribution is 2.44. The summed E-state index contributed by atoms with van der Waals surface area (Å²) in [6, 6.07) is 3.19. The molecular formula is C12H6F2O3S2. The van der Waals surface area contributed by atoms with Crippen molar-refractivity contribution in [2.75, 3.05) is 0 Å². The molecule has 98 valence electrons. The van der Waals surface area contributed by atoms with Crippen molar-refractivity contribution in [3.63, 3.8) is 0 Å². The summed E-state index contributed by atoms with van der Waals surface area (Å²) in [4.78, 5) is 11.4. The number of hydrogen-bond donors (Lipinski definition) is 1. The van der Waals surface area contributed by atoms with Crippen LogP contribution in [0.2, 0.25) is 0 Å². The third-order valence-corrected chi connectivity index (χ3v) is 5.43. The maximum atomic E-state index is 13.7. The first-order chi connectivity index (χ1) is 8.97. The predicted octanol–water partition coefficient (Wildman–Crippen LogP) is 3.01. The SMILES string of the molecule is O=C(O)c1cc2c(s1)-c1cc(F)cc(F)c1[S+]([O-])C2. The Balaban J connectivity index is 2.28. The van der Waals surface area contributed by atoms with Gasteiger partial charge in [-0.3, -0.25) is 0 Å². The van der Waals surface area contributed by atoms with Gasteiger partial charge in [0.05, 0.1) is 5.56 Å². The Morgan fingerprint density at radius 3 is 2.79 bits per heavy atom. The minimum Gasteiger partial charge on any atom is -0.611 e. The average Bonchev–Trinajstić information content (AvgIpc) is 2.71. The van der Waals surface area contributed by atoms with E-state index in [1.165, 1.54) is 6.07 Å². The first-order valence-corrected chi connectivity index (χ1v) is 7.34. The molecule has 0 amide bonds. The quantitative estimate of drug-likeness (QED) is 0.824. The molecule has 3 rings (SSSR count). The van der Waals surface area contributed by atoms with Crippen LogP contribution in [0.5, 0.6) is 0 Å². The highest BCUT2D eigenvalue weighted by molar-refractivity contribution is 7.91. The maximum Gasteiger partial charge on any atom is 0.345 e. The molecule has 1 aliphatic heterocycles. The number of carboxylic acid groups (broad SMARTS) is 1. The van der Waals surface area contributed by atoms with Gasteiger partial charge < -0.3 is 9.66 Å². The van der Waals surface area contributed by atoms with Crippen LogP contribution in [0.3, 0.4) is 0 Å². The Morgan fingerprint density at radius 2 is 2.11 bits per heavy atom. The Bertz CT molecular complexity index is 697. The van der Waals surface area contributed by atoms with E-state index in [4.69, 9.17) is 5.11 Å². The molecule has 0 spiro atoms. The molecule has 1 aromatic carbocycles. The zero-order valence-corrected chi connectivity index (χ0v) is 10.9. The van der Waals surface area contributed by atoms with Crippen LogP contribution in [0.4, 0.5) is 8.78 Å². The van der Waals surface area contributed by atoms with Crippen molar-refractivity contribution in [1.29, 1.82) is 0 Å². The van der Waals surface area contributed by atoms with E-state index in [0.717, 1.165) is 17.4 Å². The van der Waals surface area contributed by atoms with Crippen molar-refractivity contribution in [3.8, 4) is 10.4 Å². The van der Waals surface area contributed by atoms with Crippen molar-refractivity contribution in [3.05, 3.63) is 40.3 Å². The van der Waals surface area contributed by atoms with Crippen molar-refractivity contribution < 1.29 is 23.2 Å². The van der Waals surface area contributed by atoms with E-state index in [2.05, 4.69) is 0 Å². The Hall–Kier alpha value is -1.44. The second kappa shape index (κ2) is 4.29. The molecule has 3 nitrogen and oxygen atoms in total. The zero-order valence-electron chi connectivity index (χ0n) is 9.28. The largest absolute Gasteiger partial charge is 0.611 e. The van der Waals surface area contributed by atoms with Crippen LogP contribution in [0.15, 0.2) is 23.1 Å². The monoisotopic (exact) mass is 300 g/mol. The van der Waals surface area contributed by atoms with Gasteiger partial charge in [0.25, 0.3) is 0 Å².